The number of alkyl halides is 1. The van der Waals surface area contributed by atoms with Crippen LogP contribution in [0.5, 0.6) is 0 Å². The number of hydrogen-bond acceptors (Lipinski definition) is 0. The van der Waals surface area contributed by atoms with Crippen molar-refractivity contribution in [3.63, 3.8) is 0 Å². The highest BCUT2D eigenvalue weighted by molar-refractivity contribution is 9.09. The van der Waals surface area contributed by atoms with E-state index in [0.29, 0.717) is 10.2 Å². The maximum absolute atomic E-state index is 4.07. The van der Waals surface area contributed by atoms with Crippen molar-refractivity contribution < 1.29 is 0 Å². The SMILES string of the molecule is CC(C)Cc1ccc(C(Br)C2(CC(C)C)CCCC2)cc1. The second-order valence-corrected chi connectivity index (χ2v) is 8.79. The summed E-state index contributed by atoms with van der Waals surface area (Å²) in [4.78, 5) is 0.517. The van der Waals surface area contributed by atoms with Crippen molar-refractivity contribution in [3.8, 4) is 0 Å². The Morgan fingerprint density at radius 2 is 1.52 bits per heavy atom. The number of halogens is 1. The van der Waals surface area contributed by atoms with Gasteiger partial charge < -0.3 is 0 Å². The first-order chi connectivity index (χ1) is 9.93. The van der Waals surface area contributed by atoms with E-state index < -0.39 is 0 Å². The lowest BCUT2D eigenvalue weighted by atomic mass is 9.74. The molecule has 0 spiro atoms. The highest BCUT2D eigenvalue weighted by Gasteiger charge is 2.40. The maximum Gasteiger partial charge on any atom is 0.0451 e. The second kappa shape index (κ2) is 7.31. The van der Waals surface area contributed by atoms with Gasteiger partial charge in [-0.05, 0) is 54.1 Å². The summed E-state index contributed by atoms with van der Waals surface area (Å²) in [5, 5.41) is 0. The molecule has 118 valence electrons. The molecule has 1 aliphatic rings. The van der Waals surface area contributed by atoms with Gasteiger partial charge in [0.2, 0.25) is 0 Å². The van der Waals surface area contributed by atoms with Crippen LogP contribution in [0.3, 0.4) is 0 Å². The first kappa shape index (κ1) is 17.1. The number of rotatable bonds is 6. The van der Waals surface area contributed by atoms with E-state index >= 15 is 0 Å². The molecule has 1 atom stereocenters. The summed E-state index contributed by atoms with van der Waals surface area (Å²) < 4.78 is 0. The van der Waals surface area contributed by atoms with Crippen molar-refractivity contribution >= 4 is 15.9 Å². The quantitative estimate of drug-likeness (QED) is 0.488. The van der Waals surface area contributed by atoms with E-state index in [0.717, 1.165) is 11.8 Å². The summed E-state index contributed by atoms with van der Waals surface area (Å²) in [5.41, 5.74) is 3.43. The molecule has 0 amide bonds. The largest absolute Gasteiger partial charge is 0.0833 e. The Bertz CT molecular complexity index is 424. The van der Waals surface area contributed by atoms with Gasteiger partial charge in [0.25, 0.3) is 0 Å². The molecule has 1 fully saturated rings. The topological polar surface area (TPSA) is 0 Å². The van der Waals surface area contributed by atoms with Crippen LogP contribution >= 0.6 is 15.9 Å². The zero-order chi connectivity index (χ0) is 15.5. The van der Waals surface area contributed by atoms with Gasteiger partial charge >= 0.3 is 0 Å². The van der Waals surface area contributed by atoms with Crippen LogP contribution in [0.1, 0.15) is 75.8 Å². The molecule has 1 aromatic rings. The van der Waals surface area contributed by atoms with Crippen molar-refractivity contribution in [2.24, 2.45) is 17.3 Å². The van der Waals surface area contributed by atoms with E-state index in [1.807, 2.05) is 0 Å². The Hall–Kier alpha value is -0.300. The predicted molar refractivity (Wildman–Crippen MR) is 97.0 cm³/mol. The third-order valence-electron chi connectivity index (χ3n) is 4.87. The van der Waals surface area contributed by atoms with E-state index in [9.17, 15) is 0 Å². The predicted octanol–water partition coefficient (Wildman–Crippen LogP) is 6.93. The molecule has 0 aromatic heterocycles. The van der Waals surface area contributed by atoms with Gasteiger partial charge in [-0.25, -0.2) is 0 Å². The summed E-state index contributed by atoms with van der Waals surface area (Å²) in [5.74, 6) is 1.51. The molecule has 0 saturated heterocycles. The lowest BCUT2D eigenvalue weighted by molar-refractivity contribution is 0.230. The molecular weight excluding hydrogens is 320 g/mol. The van der Waals surface area contributed by atoms with Gasteiger partial charge in [-0.2, -0.15) is 0 Å². The molecule has 2 rings (SSSR count). The maximum atomic E-state index is 4.07. The minimum atomic E-state index is 0.480. The van der Waals surface area contributed by atoms with E-state index in [2.05, 4.69) is 67.9 Å². The highest BCUT2D eigenvalue weighted by atomic mass is 79.9. The monoisotopic (exact) mass is 350 g/mol. The van der Waals surface area contributed by atoms with Crippen molar-refractivity contribution in [2.75, 3.05) is 0 Å². The van der Waals surface area contributed by atoms with Gasteiger partial charge in [0, 0.05) is 4.83 Å². The Labute approximate surface area is 139 Å². The number of hydrogen-bond donors (Lipinski definition) is 0. The smallest absolute Gasteiger partial charge is 0.0451 e. The Kier molecular flexibility index (Phi) is 5.94. The highest BCUT2D eigenvalue weighted by Crippen LogP contribution is 2.55. The van der Waals surface area contributed by atoms with Gasteiger partial charge in [-0.1, -0.05) is 80.7 Å². The fourth-order valence-corrected chi connectivity index (χ4v) is 5.05. The molecule has 0 heterocycles. The molecular formula is C20H31Br. The lowest BCUT2D eigenvalue weighted by Gasteiger charge is -2.36. The first-order valence-corrected chi connectivity index (χ1v) is 9.57. The molecule has 1 aliphatic carbocycles. The molecule has 0 nitrogen and oxygen atoms in total. The summed E-state index contributed by atoms with van der Waals surface area (Å²) in [7, 11) is 0. The van der Waals surface area contributed by atoms with Crippen molar-refractivity contribution in [2.45, 2.75) is 71.0 Å². The van der Waals surface area contributed by atoms with Crippen molar-refractivity contribution in [1.29, 1.82) is 0 Å². The Balaban J connectivity index is 2.15. The fraction of sp³-hybridized carbons (Fsp3) is 0.700. The van der Waals surface area contributed by atoms with Crippen LogP contribution in [0, 0.1) is 17.3 Å². The van der Waals surface area contributed by atoms with E-state index in [4.69, 9.17) is 0 Å². The molecule has 0 aliphatic heterocycles. The molecule has 0 bridgehead atoms. The molecule has 1 unspecified atom stereocenters. The standard InChI is InChI=1S/C20H31Br/c1-15(2)13-17-7-9-18(10-8-17)19(21)20(14-16(3)4)11-5-6-12-20/h7-10,15-16,19H,5-6,11-14H2,1-4H3. The summed E-state index contributed by atoms with van der Waals surface area (Å²) in [6.07, 6.45) is 8.10. The minimum absolute atomic E-state index is 0.480. The summed E-state index contributed by atoms with van der Waals surface area (Å²) in [6, 6.07) is 9.39. The molecule has 0 radical (unpaired) electrons. The van der Waals surface area contributed by atoms with Crippen molar-refractivity contribution in [3.05, 3.63) is 35.4 Å². The zero-order valence-corrected chi connectivity index (χ0v) is 15.7. The fourth-order valence-electron chi connectivity index (χ4n) is 4.10. The van der Waals surface area contributed by atoms with E-state index in [-0.39, 0.29) is 0 Å². The Morgan fingerprint density at radius 3 is 2.00 bits per heavy atom. The van der Waals surface area contributed by atoms with Crippen LogP contribution in [0.25, 0.3) is 0 Å². The van der Waals surface area contributed by atoms with Crippen LogP contribution in [0.4, 0.5) is 0 Å². The normalized spacial score (nSPS) is 19.4. The van der Waals surface area contributed by atoms with Crippen LogP contribution in [-0.2, 0) is 6.42 Å². The van der Waals surface area contributed by atoms with Crippen molar-refractivity contribution in [1.82, 2.24) is 0 Å². The van der Waals surface area contributed by atoms with Gasteiger partial charge in [0.05, 0.1) is 0 Å². The molecule has 0 N–H and O–H groups in total. The average molecular weight is 351 g/mol. The zero-order valence-electron chi connectivity index (χ0n) is 14.2. The number of benzene rings is 1. The van der Waals surface area contributed by atoms with Crippen LogP contribution in [-0.4, -0.2) is 0 Å². The van der Waals surface area contributed by atoms with Crippen LogP contribution < -0.4 is 0 Å². The van der Waals surface area contributed by atoms with E-state index in [1.165, 1.54) is 49.7 Å². The molecule has 1 aromatic carbocycles. The Morgan fingerprint density at radius 1 is 0.952 bits per heavy atom. The summed E-state index contributed by atoms with van der Waals surface area (Å²) in [6.45, 7) is 9.31. The average Bonchev–Trinajstić information content (AvgIpc) is 2.87. The molecule has 1 heteroatoms. The molecule has 1 saturated carbocycles. The van der Waals surface area contributed by atoms with Gasteiger partial charge in [0.15, 0.2) is 0 Å². The minimum Gasteiger partial charge on any atom is -0.0833 e. The lowest BCUT2D eigenvalue weighted by Crippen LogP contribution is -2.24. The second-order valence-electron chi connectivity index (χ2n) is 7.87. The van der Waals surface area contributed by atoms with Gasteiger partial charge in [0.1, 0.15) is 0 Å². The first-order valence-electron chi connectivity index (χ1n) is 8.66. The van der Waals surface area contributed by atoms with Gasteiger partial charge in [-0.15, -0.1) is 0 Å². The third kappa shape index (κ3) is 4.34. The summed E-state index contributed by atoms with van der Waals surface area (Å²) >= 11 is 4.07. The third-order valence-corrected chi connectivity index (χ3v) is 6.37. The van der Waals surface area contributed by atoms with E-state index in [1.54, 1.807) is 0 Å². The van der Waals surface area contributed by atoms with Crippen LogP contribution in [0.2, 0.25) is 0 Å². The van der Waals surface area contributed by atoms with Crippen LogP contribution in [0.15, 0.2) is 24.3 Å². The van der Waals surface area contributed by atoms with Gasteiger partial charge in [-0.3, -0.25) is 0 Å². The molecule has 21 heavy (non-hydrogen) atoms.